The highest BCUT2D eigenvalue weighted by Crippen LogP contribution is 2.68. The van der Waals surface area contributed by atoms with E-state index in [1.165, 1.54) is 18.0 Å². The molecule has 0 aliphatic heterocycles. The first-order valence-corrected chi connectivity index (χ1v) is 16.3. The van der Waals surface area contributed by atoms with E-state index in [1.54, 1.807) is 12.1 Å². The van der Waals surface area contributed by atoms with Gasteiger partial charge in [-0.1, -0.05) is 43.3 Å². The molecule has 7 rings (SSSR count). The Bertz CT molecular complexity index is 1640. The van der Waals surface area contributed by atoms with Gasteiger partial charge in [0.25, 0.3) is 0 Å². The minimum absolute atomic E-state index is 0.000254. The molecule has 0 bridgehead atoms. The van der Waals surface area contributed by atoms with Gasteiger partial charge in [-0.15, -0.1) is 0 Å². The predicted octanol–water partition coefficient (Wildman–Crippen LogP) is 5.93. The maximum absolute atomic E-state index is 14.5. The van der Waals surface area contributed by atoms with Crippen molar-refractivity contribution in [1.29, 1.82) is 0 Å². The summed E-state index contributed by atoms with van der Waals surface area (Å²) in [5.74, 6) is -0.249. The number of aliphatic hydroxyl groups is 1. The number of nitrogens with zero attached hydrogens (tertiary/aromatic N) is 2. The van der Waals surface area contributed by atoms with Crippen LogP contribution in [0.4, 0.5) is 0 Å². The number of esters is 1. The molecule has 7 atom stereocenters. The molecule has 1 N–H and O–H groups in total. The highest BCUT2D eigenvalue weighted by molar-refractivity contribution is 7.99. The quantitative estimate of drug-likeness (QED) is 0.273. The summed E-state index contributed by atoms with van der Waals surface area (Å²) in [5.41, 5.74) is 0.586. The van der Waals surface area contributed by atoms with Gasteiger partial charge in [0, 0.05) is 18.9 Å². The number of hydrogen-bond donors (Lipinski definition) is 1. The molecule has 3 saturated carbocycles. The summed E-state index contributed by atoms with van der Waals surface area (Å²) >= 11 is 1.35. The molecule has 8 nitrogen and oxygen atoms in total. The Kier molecular flexibility index (Phi) is 6.78. The number of thioether (sulfide) groups is 1. The topological polar surface area (TPSA) is 112 Å². The molecule has 0 amide bonds. The number of para-hydroxylation sites is 2. The molecule has 1 aromatic carbocycles. The summed E-state index contributed by atoms with van der Waals surface area (Å²) in [6.07, 6.45) is 6.95. The van der Waals surface area contributed by atoms with Crippen molar-refractivity contribution in [2.75, 3.05) is 5.75 Å². The average molecular weight is 603 g/mol. The zero-order valence-electron chi connectivity index (χ0n) is 24.9. The van der Waals surface area contributed by atoms with Gasteiger partial charge in [0.15, 0.2) is 22.3 Å². The number of benzene rings is 1. The smallest absolute Gasteiger partial charge is 0.375 e. The standard InChI is InChI=1S/C34H38N2O6S/c1-32-14-12-21(37)17-20(32)10-11-22-23-13-15-34(33(23,2)18-26(38)29(22)32,42-30(40)27-9-6-16-41-27)28(39)19-43-31-35-24-7-4-5-8-25(24)36(31)3/h4-9,16-17,22-23,26,29,38H,10-15,18-19H2,1-3H3/t22?,23?,26?,29?,32?,33?,34-/m0/s1. The molecule has 0 spiro atoms. The van der Waals surface area contributed by atoms with Gasteiger partial charge in [0.1, 0.15) is 0 Å². The van der Waals surface area contributed by atoms with Crippen LogP contribution >= 0.6 is 11.8 Å². The van der Waals surface area contributed by atoms with Crippen molar-refractivity contribution in [1.82, 2.24) is 9.55 Å². The zero-order valence-corrected chi connectivity index (χ0v) is 25.7. The van der Waals surface area contributed by atoms with Crippen LogP contribution in [0.15, 0.2) is 63.9 Å². The molecule has 9 heteroatoms. The van der Waals surface area contributed by atoms with Crippen LogP contribution in [-0.4, -0.2) is 49.7 Å². The van der Waals surface area contributed by atoms with E-state index >= 15 is 0 Å². The number of rotatable bonds is 6. The molecule has 2 aromatic heterocycles. The van der Waals surface area contributed by atoms with Crippen molar-refractivity contribution in [2.24, 2.45) is 35.6 Å². The Morgan fingerprint density at radius 3 is 2.72 bits per heavy atom. The van der Waals surface area contributed by atoms with Gasteiger partial charge >= 0.3 is 5.97 Å². The number of carbonyl (C=O) groups is 3. The number of furan rings is 1. The van der Waals surface area contributed by atoms with E-state index in [4.69, 9.17) is 14.1 Å². The number of allylic oxidation sites excluding steroid dienone is 1. The largest absolute Gasteiger partial charge is 0.457 e. The summed E-state index contributed by atoms with van der Waals surface area (Å²) in [6.45, 7) is 4.26. The number of aliphatic hydroxyl groups excluding tert-OH is 1. The third-order valence-corrected chi connectivity index (χ3v) is 12.6. The summed E-state index contributed by atoms with van der Waals surface area (Å²) in [7, 11) is 1.94. The van der Waals surface area contributed by atoms with Gasteiger partial charge < -0.3 is 18.8 Å². The number of ether oxygens (including phenoxy) is 1. The molecule has 3 fully saturated rings. The van der Waals surface area contributed by atoms with Gasteiger partial charge in [-0.05, 0) is 92.0 Å². The molecule has 0 saturated heterocycles. The Labute approximate surface area is 255 Å². The van der Waals surface area contributed by atoms with E-state index in [-0.39, 0.29) is 46.2 Å². The van der Waals surface area contributed by atoms with E-state index in [1.807, 2.05) is 42.0 Å². The number of aryl methyl sites for hydroxylation is 1. The Morgan fingerprint density at radius 1 is 1.14 bits per heavy atom. The molecule has 43 heavy (non-hydrogen) atoms. The van der Waals surface area contributed by atoms with Gasteiger partial charge in [-0.2, -0.15) is 0 Å². The maximum atomic E-state index is 14.5. The highest BCUT2D eigenvalue weighted by Gasteiger charge is 2.70. The SMILES string of the molecule is Cn1c(SCC(=O)[C@@]2(OC(=O)c3ccco3)CCC3C4CCC5=CC(=O)CCC5(C)C4C(O)CC32C)nc2ccccc21. The van der Waals surface area contributed by atoms with Crippen LogP contribution in [-0.2, 0) is 21.4 Å². The van der Waals surface area contributed by atoms with Crippen molar-refractivity contribution in [2.45, 2.75) is 75.7 Å². The second-order valence-electron chi connectivity index (χ2n) is 13.5. The number of aromatic nitrogens is 2. The van der Waals surface area contributed by atoms with Crippen molar-refractivity contribution in [3.05, 3.63) is 60.1 Å². The molecule has 4 aliphatic rings. The van der Waals surface area contributed by atoms with Crippen LogP contribution < -0.4 is 0 Å². The average Bonchev–Trinajstić information content (AvgIpc) is 3.70. The molecule has 2 heterocycles. The summed E-state index contributed by atoms with van der Waals surface area (Å²) in [4.78, 5) is 45.0. The van der Waals surface area contributed by atoms with Crippen LogP contribution in [0, 0.1) is 28.6 Å². The van der Waals surface area contributed by atoms with Crippen molar-refractivity contribution in [3.63, 3.8) is 0 Å². The maximum Gasteiger partial charge on any atom is 0.375 e. The van der Waals surface area contributed by atoms with Crippen LogP contribution in [0.5, 0.6) is 0 Å². The lowest BCUT2D eigenvalue weighted by Crippen LogP contribution is -2.63. The van der Waals surface area contributed by atoms with E-state index in [9.17, 15) is 19.5 Å². The summed E-state index contributed by atoms with van der Waals surface area (Å²) in [6, 6.07) is 11.0. The lowest BCUT2D eigenvalue weighted by molar-refractivity contribution is -0.180. The predicted molar refractivity (Wildman–Crippen MR) is 161 cm³/mol. The van der Waals surface area contributed by atoms with E-state index < -0.39 is 23.1 Å². The monoisotopic (exact) mass is 602 g/mol. The lowest BCUT2D eigenvalue weighted by atomic mass is 9.45. The van der Waals surface area contributed by atoms with Crippen LogP contribution in [0.3, 0.4) is 0 Å². The summed E-state index contributed by atoms with van der Waals surface area (Å²) in [5, 5.41) is 12.7. The van der Waals surface area contributed by atoms with E-state index in [2.05, 4.69) is 13.8 Å². The second kappa shape index (κ2) is 10.2. The first-order valence-electron chi connectivity index (χ1n) is 15.3. The lowest BCUT2D eigenvalue weighted by Gasteiger charge is -2.60. The van der Waals surface area contributed by atoms with Crippen molar-refractivity contribution in [3.8, 4) is 0 Å². The first-order chi connectivity index (χ1) is 20.6. The van der Waals surface area contributed by atoms with Crippen LogP contribution in [0.2, 0.25) is 0 Å². The number of ketones is 2. The van der Waals surface area contributed by atoms with Crippen molar-refractivity contribution >= 4 is 40.3 Å². The highest BCUT2D eigenvalue weighted by atomic mass is 32.2. The Morgan fingerprint density at radius 2 is 1.95 bits per heavy atom. The number of hydrogen-bond acceptors (Lipinski definition) is 8. The fourth-order valence-corrected chi connectivity index (χ4v) is 10.4. The third kappa shape index (κ3) is 4.21. The minimum Gasteiger partial charge on any atom is -0.457 e. The van der Waals surface area contributed by atoms with Crippen LogP contribution in [0.25, 0.3) is 11.0 Å². The molecule has 6 unspecified atom stereocenters. The summed E-state index contributed by atoms with van der Waals surface area (Å²) < 4.78 is 13.7. The normalized spacial score (nSPS) is 35.2. The zero-order chi connectivity index (χ0) is 30.1. The Hall–Kier alpha value is -3.17. The minimum atomic E-state index is -1.41. The second-order valence-corrected chi connectivity index (χ2v) is 14.4. The number of Topliss-reactive ketones (excluding diaryl/α,β-unsaturated/α-hetero) is 1. The van der Waals surface area contributed by atoms with Gasteiger partial charge in [-0.3, -0.25) is 9.59 Å². The van der Waals surface area contributed by atoms with Gasteiger partial charge in [-0.25, -0.2) is 9.78 Å². The van der Waals surface area contributed by atoms with E-state index in [0.717, 1.165) is 47.4 Å². The third-order valence-electron chi connectivity index (χ3n) is 11.5. The first kappa shape index (κ1) is 28.6. The number of carbonyl (C=O) groups excluding carboxylic acids is 3. The number of fused-ring (bicyclic) bond motifs is 6. The van der Waals surface area contributed by atoms with E-state index in [0.29, 0.717) is 19.3 Å². The molecule has 4 aliphatic carbocycles. The van der Waals surface area contributed by atoms with Gasteiger partial charge in [0.2, 0.25) is 5.76 Å². The molecular weight excluding hydrogens is 564 g/mol. The molecule has 226 valence electrons. The fourth-order valence-electron chi connectivity index (χ4n) is 9.46. The molecular formula is C34H38N2O6S. The number of imidazole rings is 1. The van der Waals surface area contributed by atoms with Crippen LogP contribution in [0.1, 0.15) is 69.3 Å². The van der Waals surface area contributed by atoms with Gasteiger partial charge in [0.05, 0.1) is 29.2 Å². The fraction of sp³-hybridized carbons (Fsp3) is 0.529. The molecule has 3 aromatic rings. The van der Waals surface area contributed by atoms with Crippen molar-refractivity contribution < 1.29 is 28.6 Å². The Balaban J connectivity index is 1.23. The molecule has 0 radical (unpaired) electrons.